The van der Waals surface area contributed by atoms with Gasteiger partial charge in [-0.2, -0.15) is 0 Å². The van der Waals surface area contributed by atoms with Gasteiger partial charge in [0, 0.05) is 11.3 Å². The number of hydrogen-bond donors (Lipinski definition) is 1. The largest absolute Gasteiger partial charge is 0.324 e. The van der Waals surface area contributed by atoms with E-state index in [4.69, 9.17) is 4.98 Å². The number of hydrogen-bond acceptors (Lipinski definition) is 2. The molecule has 4 rings (SSSR count). The summed E-state index contributed by atoms with van der Waals surface area (Å²) in [5, 5.41) is 3.08. The maximum Gasteiger partial charge on any atom is 0.247 e. The standard InChI is InChI=1S/C27H29N3O/c1-18-10-6-7-11-22(18)29-26(31)19(2)30-24-13-9-8-12-23(24)28-25(30)20-14-16-21(17-15-20)27(3,4)5/h6-17,19H,1-5H3,(H,29,31). The molecular weight excluding hydrogens is 382 g/mol. The van der Waals surface area contributed by atoms with Gasteiger partial charge in [-0.25, -0.2) is 4.98 Å². The lowest BCUT2D eigenvalue weighted by Crippen LogP contribution is -2.24. The average molecular weight is 412 g/mol. The first-order valence-electron chi connectivity index (χ1n) is 10.7. The van der Waals surface area contributed by atoms with E-state index in [1.54, 1.807) is 0 Å². The number of fused-ring (bicyclic) bond motifs is 1. The van der Waals surface area contributed by atoms with Gasteiger partial charge in [0.2, 0.25) is 5.91 Å². The van der Waals surface area contributed by atoms with E-state index >= 15 is 0 Å². The normalized spacial score (nSPS) is 12.7. The van der Waals surface area contributed by atoms with Crippen LogP contribution in [0.2, 0.25) is 0 Å². The summed E-state index contributed by atoms with van der Waals surface area (Å²) in [7, 11) is 0. The van der Waals surface area contributed by atoms with Crippen LogP contribution < -0.4 is 5.32 Å². The Balaban J connectivity index is 1.76. The molecule has 4 aromatic rings. The summed E-state index contributed by atoms with van der Waals surface area (Å²) in [5.41, 5.74) is 6.05. The van der Waals surface area contributed by atoms with Gasteiger partial charge in [-0.05, 0) is 48.6 Å². The van der Waals surface area contributed by atoms with Crippen LogP contribution >= 0.6 is 0 Å². The molecule has 0 saturated carbocycles. The molecule has 0 aliphatic heterocycles. The Hall–Kier alpha value is -3.40. The van der Waals surface area contributed by atoms with Crippen LogP contribution in [0.25, 0.3) is 22.4 Å². The van der Waals surface area contributed by atoms with Crippen molar-refractivity contribution in [1.82, 2.24) is 9.55 Å². The second-order valence-electron chi connectivity index (χ2n) is 9.10. The van der Waals surface area contributed by atoms with Gasteiger partial charge >= 0.3 is 0 Å². The molecule has 0 bridgehead atoms. The maximum absolute atomic E-state index is 13.2. The van der Waals surface area contributed by atoms with E-state index in [2.05, 4.69) is 50.4 Å². The van der Waals surface area contributed by atoms with Gasteiger partial charge in [0.1, 0.15) is 11.9 Å². The highest BCUT2D eigenvalue weighted by Crippen LogP contribution is 2.31. The summed E-state index contributed by atoms with van der Waals surface area (Å²) in [5.74, 6) is 0.735. The minimum Gasteiger partial charge on any atom is -0.324 e. The van der Waals surface area contributed by atoms with Gasteiger partial charge in [0.15, 0.2) is 0 Å². The van der Waals surface area contributed by atoms with Crippen molar-refractivity contribution >= 4 is 22.6 Å². The topological polar surface area (TPSA) is 46.9 Å². The number of nitrogens with one attached hydrogen (secondary N) is 1. The van der Waals surface area contributed by atoms with Crippen molar-refractivity contribution in [1.29, 1.82) is 0 Å². The van der Waals surface area contributed by atoms with Crippen molar-refractivity contribution < 1.29 is 4.79 Å². The number of carbonyl (C=O) groups is 1. The minimum atomic E-state index is -0.427. The van der Waals surface area contributed by atoms with Crippen molar-refractivity contribution in [2.75, 3.05) is 5.32 Å². The molecule has 4 heteroatoms. The van der Waals surface area contributed by atoms with Crippen LogP contribution in [0.15, 0.2) is 72.8 Å². The third-order valence-corrected chi connectivity index (χ3v) is 5.77. The molecule has 3 aromatic carbocycles. The fourth-order valence-electron chi connectivity index (χ4n) is 3.83. The van der Waals surface area contributed by atoms with Gasteiger partial charge in [0.05, 0.1) is 11.0 Å². The van der Waals surface area contributed by atoms with Crippen LogP contribution in [-0.4, -0.2) is 15.5 Å². The van der Waals surface area contributed by atoms with Crippen LogP contribution in [0.5, 0.6) is 0 Å². The van der Waals surface area contributed by atoms with Crippen molar-refractivity contribution in [3.63, 3.8) is 0 Å². The van der Waals surface area contributed by atoms with E-state index in [9.17, 15) is 4.79 Å². The van der Waals surface area contributed by atoms with Crippen LogP contribution in [0.3, 0.4) is 0 Å². The van der Waals surface area contributed by atoms with Gasteiger partial charge in [-0.3, -0.25) is 4.79 Å². The number of rotatable bonds is 4. The van der Waals surface area contributed by atoms with Gasteiger partial charge in [-0.15, -0.1) is 0 Å². The monoisotopic (exact) mass is 411 g/mol. The number of nitrogens with zero attached hydrogens (tertiary/aromatic N) is 2. The first kappa shape index (κ1) is 20.9. The summed E-state index contributed by atoms with van der Waals surface area (Å²) in [6, 6.07) is 23.9. The third-order valence-electron chi connectivity index (χ3n) is 5.77. The summed E-state index contributed by atoms with van der Waals surface area (Å²) in [4.78, 5) is 18.1. The fourth-order valence-corrected chi connectivity index (χ4v) is 3.83. The molecule has 0 saturated heterocycles. The lowest BCUT2D eigenvalue weighted by Gasteiger charge is -2.20. The van der Waals surface area contributed by atoms with E-state index in [0.717, 1.165) is 33.7 Å². The molecule has 31 heavy (non-hydrogen) atoms. The van der Waals surface area contributed by atoms with E-state index in [1.165, 1.54) is 5.56 Å². The third kappa shape index (κ3) is 4.11. The molecule has 1 N–H and O–H groups in total. The van der Waals surface area contributed by atoms with E-state index in [0.29, 0.717) is 0 Å². The van der Waals surface area contributed by atoms with Crippen LogP contribution in [0.1, 0.15) is 44.9 Å². The number of anilines is 1. The number of para-hydroxylation sites is 3. The quantitative estimate of drug-likeness (QED) is 0.416. The van der Waals surface area contributed by atoms with Crippen molar-refractivity contribution in [2.45, 2.75) is 46.1 Å². The average Bonchev–Trinajstić information content (AvgIpc) is 3.14. The summed E-state index contributed by atoms with van der Waals surface area (Å²) >= 11 is 0. The molecular formula is C27H29N3O. The second-order valence-corrected chi connectivity index (χ2v) is 9.10. The van der Waals surface area contributed by atoms with Gasteiger partial charge in [0.25, 0.3) is 0 Å². The van der Waals surface area contributed by atoms with Crippen molar-refractivity contribution in [3.05, 3.63) is 83.9 Å². The number of amides is 1. The zero-order chi connectivity index (χ0) is 22.2. The first-order valence-corrected chi connectivity index (χ1v) is 10.7. The van der Waals surface area contributed by atoms with E-state index < -0.39 is 6.04 Å². The molecule has 1 amide bonds. The molecule has 0 aliphatic carbocycles. The molecule has 4 nitrogen and oxygen atoms in total. The fraction of sp³-hybridized carbons (Fsp3) is 0.259. The highest BCUT2D eigenvalue weighted by atomic mass is 16.2. The predicted octanol–water partition coefficient (Wildman–Crippen LogP) is 6.51. The number of aryl methyl sites for hydroxylation is 1. The molecule has 1 atom stereocenters. The highest BCUT2D eigenvalue weighted by Gasteiger charge is 2.23. The molecule has 0 fully saturated rings. The SMILES string of the molecule is Cc1ccccc1NC(=O)C(C)n1c(-c2ccc(C(C)(C)C)cc2)nc2ccccc21. The minimum absolute atomic E-state index is 0.0648. The summed E-state index contributed by atoms with van der Waals surface area (Å²) in [6.45, 7) is 10.5. The molecule has 1 unspecified atom stereocenters. The Morgan fingerprint density at radius 1 is 0.935 bits per heavy atom. The number of aromatic nitrogens is 2. The summed E-state index contributed by atoms with van der Waals surface area (Å²) in [6.07, 6.45) is 0. The van der Waals surface area contributed by atoms with Crippen LogP contribution in [0, 0.1) is 6.92 Å². The summed E-state index contributed by atoms with van der Waals surface area (Å²) < 4.78 is 2.04. The second kappa shape index (κ2) is 8.03. The number of carbonyl (C=O) groups excluding carboxylic acids is 1. The van der Waals surface area contributed by atoms with Crippen LogP contribution in [-0.2, 0) is 10.2 Å². The van der Waals surface area contributed by atoms with Gasteiger partial charge < -0.3 is 9.88 Å². The lowest BCUT2D eigenvalue weighted by molar-refractivity contribution is -0.118. The highest BCUT2D eigenvalue weighted by molar-refractivity contribution is 5.96. The Bertz CT molecular complexity index is 1230. The lowest BCUT2D eigenvalue weighted by atomic mass is 9.86. The zero-order valence-electron chi connectivity index (χ0n) is 18.8. The number of imidazole rings is 1. The molecule has 0 radical (unpaired) electrons. The maximum atomic E-state index is 13.2. The number of benzene rings is 3. The first-order chi connectivity index (χ1) is 14.8. The van der Waals surface area contributed by atoms with Crippen molar-refractivity contribution in [3.8, 4) is 11.4 Å². The van der Waals surface area contributed by atoms with Crippen molar-refractivity contribution in [2.24, 2.45) is 0 Å². The Labute approximate surface area is 183 Å². The van der Waals surface area contributed by atoms with Crippen LogP contribution in [0.4, 0.5) is 5.69 Å². The predicted molar refractivity (Wildman–Crippen MR) is 128 cm³/mol. The Morgan fingerprint density at radius 2 is 1.58 bits per heavy atom. The van der Waals surface area contributed by atoms with E-state index in [-0.39, 0.29) is 11.3 Å². The molecule has 0 aliphatic rings. The smallest absolute Gasteiger partial charge is 0.247 e. The van der Waals surface area contributed by atoms with E-state index in [1.807, 2.05) is 66.9 Å². The molecule has 1 heterocycles. The molecule has 1 aromatic heterocycles. The Kier molecular flexibility index (Phi) is 5.40. The molecule has 0 spiro atoms. The zero-order valence-corrected chi connectivity index (χ0v) is 18.8. The molecule has 158 valence electrons. The van der Waals surface area contributed by atoms with Gasteiger partial charge in [-0.1, -0.05) is 75.4 Å². The Morgan fingerprint density at radius 3 is 2.26 bits per heavy atom.